The Labute approximate surface area is 194 Å². The van der Waals surface area contributed by atoms with Crippen molar-refractivity contribution in [2.75, 3.05) is 32.0 Å². The number of hydrogen-bond donors (Lipinski definition) is 1. The average molecular weight is 441 g/mol. The van der Waals surface area contributed by atoms with Gasteiger partial charge in [0.15, 0.2) is 0 Å². The fourth-order valence-electron chi connectivity index (χ4n) is 4.65. The van der Waals surface area contributed by atoms with Gasteiger partial charge in [-0.2, -0.15) is 0 Å². The van der Waals surface area contributed by atoms with Gasteiger partial charge in [-0.25, -0.2) is 4.39 Å². The van der Waals surface area contributed by atoms with Crippen LogP contribution in [0.5, 0.6) is 0 Å². The molecule has 0 bridgehead atoms. The molecule has 0 unspecified atom stereocenters. The highest BCUT2D eigenvalue weighted by Gasteiger charge is 2.17. The highest BCUT2D eigenvalue weighted by Crippen LogP contribution is 2.34. The smallest absolute Gasteiger partial charge is 0.126 e. The van der Waals surface area contributed by atoms with Gasteiger partial charge >= 0.3 is 0 Å². The van der Waals surface area contributed by atoms with Crippen LogP contribution in [0, 0.1) is 18.7 Å². The Morgan fingerprint density at radius 1 is 0.970 bits per heavy atom. The van der Waals surface area contributed by atoms with Crippen LogP contribution < -0.4 is 5.32 Å². The Kier molecular flexibility index (Phi) is 6.05. The molecule has 0 aliphatic carbocycles. The third kappa shape index (κ3) is 4.60. The first kappa shape index (κ1) is 21.5. The first-order chi connectivity index (χ1) is 16.1. The number of nitrogens with one attached hydrogen (secondary N) is 1. The minimum Gasteiger partial charge on any atom is -0.384 e. The van der Waals surface area contributed by atoms with Crippen molar-refractivity contribution in [3.63, 3.8) is 0 Å². The SMILES string of the molecule is Cc1cc(-c2ncccc2-c2ccc3nccc(NCC4CCN(C)CC4)c3c2)ccc1F. The highest BCUT2D eigenvalue weighted by atomic mass is 19.1. The van der Waals surface area contributed by atoms with E-state index < -0.39 is 0 Å². The fraction of sp³-hybridized carbons (Fsp3) is 0.286. The summed E-state index contributed by atoms with van der Waals surface area (Å²) in [6.07, 6.45) is 6.12. The summed E-state index contributed by atoms with van der Waals surface area (Å²) in [6.45, 7) is 5.09. The molecule has 3 heterocycles. The van der Waals surface area contributed by atoms with Crippen molar-refractivity contribution in [2.24, 2.45) is 5.92 Å². The molecule has 1 fully saturated rings. The molecule has 0 radical (unpaired) electrons. The van der Waals surface area contributed by atoms with Crippen molar-refractivity contribution in [1.29, 1.82) is 0 Å². The number of piperidine rings is 1. The third-order valence-corrected chi connectivity index (χ3v) is 6.71. The van der Waals surface area contributed by atoms with Gasteiger partial charge in [-0.15, -0.1) is 0 Å². The van der Waals surface area contributed by atoms with E-state index in [1.54, 1.807) is 19.2 Å². The topological polar surface area (TPSA) is 41.1 Å². The quantitative estimate of drug-likeness (QED) is 0.403. The maximum atomic E-state index is 13.8. The lowest BCUT2D eigenvalue weighted by Crippen LogP contribution is -2.32. The first-order valence-corrected chi connectivity index (χ1v) is 11.6. The Hall–Kier alpha value is -3.31. The predicted molar refractivity (Wildman–Crippen MR) is 134 cm³/mol. The number of fused-ring (bicyclic) bond motifs is 1. The van der Waals surface area contributed by atoms with Crippen molar-refractivity contribution in [2.45, 2.75) is 19.8 Å². The van der Waals surface area contributed by atoms with E-state index in [-0.39, 0.29) is 5.82 Å². The predicted octanol–water partition coefficient (Wildman–Crippen LogP) is 6.17. The second-order valence-corrected chi connectivity index (χ2v) is 9.08. The van der Waals surface area contributed by atoms with Gasteiger partial charge in [-0.1, -0.05) is 12.1 Å². The zero-order valence-electron chi connectivity index (χ0n) is 19.2. The maximum Gasteiger partial charge on any atom is 0.126 e. The molecule has 0 saturated carbocycles. The van der Waals surface area contributed by atoms with Crippen LogP contribution in [0.25, 0.3) is 33.3 Å². The Balaban J connectivity index is 1.49. The van der Waals surface area contributed by atoms with E-state index >= 15 is 0 Å². The molecule has 1 N–H and O–H groups in total. The molecule has 1 aliphatic rings. The summed E-state index contributed by atoms with van der Waals surface area (Å²) in [6, 6.07) is 17.6. The second-order valence-electron chi connectivity index (χ2n) is 9.08. The van der Waals surface area contributed by atoms with Crippen LogP contribution in [0.2, 0.25) is 0 Å². The van der Waals surface area contributed by atoms with Gasteiger partial charge in [0.05, 0.1) is 11.2 Å². The lowest BCUT2D eigenvalue weighted by molar-refractivity contribution is 0.226. The molecule has 4 aromatic rings. The zero-order chi connectivity index (χ0) is 22.8. The largest absolute Gasteiger partial charge is 0.384 e. The van der Waals surface area contributed by atoms with Gasteiger partial charge in [-0.05, 0) is 99.4 Å². The summed E-state index contributed by atoms with van der Waals surface area (Å²) >= 11 is 0. The summed E-state index contributed by atoms with van der Waals surface area (Å²) < 4.78 is 13.8. The van der Waals surface area contributed by atoms with Crippen LogP contribution in [0.4, 0.5) is 10.1 Å². The number of aryl methyl sites for hydroxylation is 1. The lowest BCUT2D eigenvalue weighted by Gasteiger charge is -2.29. The van der Waals surface area contributed by atoms with E-state index in [0.717, 1.165) is 45.5 Å². The normalized spacial score (nSPS) is 15.1. The standard InChI is InChI=1S/C28H29FN4/c1-19-16-22(5-7-25(19)29)28-23(4-3-12-31-28)21-6-8-26-24(17-21)27(9-13-30-26)32-18-20-10-14-33(2)15-11-20/h3-9,12-13,16-17,20H,10-11,14-15,18H2,1-2H3,(H,30,32). The van der Waals surface area contributed by atoms with Crippen molar-refractivity contribution >= 4 is 16.6 Å². The molecule has 5 heteroatoms. The number of rotatable bonds is 5. The maximum absolute atomic E-state index is 13.8. The van der Waals surface area contributed by atoms with Gasteiger partial charge in [0.2, 0.25) is 0 Å². The van der Waals surface area contributed by atoms with E-state index in [4.69, 9.17) is 0 Å². The van der Waals surface area contributed by atoms with E-state index in [1.807, 2.05) is 18.3 Å². The molecule has 1 aliphatic heterocycles. The number of likely N-dealkylation sites (tertiary alicyclic amines) is 1. The Bertz CT molecular complexity index is 1280. The van der Waals surface area contributed by atoms with E-state index in [9.17, 15) is 4.39 Å². The molecule has 2 aromatic heterocycles. The number of halogens is 1. The van der Waals surface area contributed by atoms with Gasteiger partial charge in [0, 0.05) is 41.1 Å². The number of benzene rings is 2. The molecule has 33 heavy (non-hydrogen) atoms. The Morgan fingerprint density at radius 3 is 2.61 bits per heavy atom. The average Bonchev–Trinajstić information content (AvgIpc) is 2.85. The summed E-state index contributed by atoms with van der Waals surface area (Å²) in [7, 11) is 2.20. The Morgan fingerprint density at radius 2 is 1.79 bits per heavy atom. The number of aromatic nitrogens is 2. The molecular formula is C28H29FN4. The molecule has 2 aromatic carbocycles. The van der Waals surface area contributed by atoms with Crippen molar-refractivity contribution in [3.05, 3.63) is 78.4 Å². The van der Waals surface area contributed by atoms with Gasteiger partial charge in [0.1, 0.15) is 5.82 Å². The van der Waals surface area contributed by atoms with Crippen molar-refractivity contribution < 1.29 is 4.39 Å². The summed E-state index contributed by atoms with van der Waals surface area (Å²) in [4.78, 5) is 11.6. The van der Waals surface area contributed by atoms with Crippen LogP contribution in [0.3, 0.4) is 0 Å². The number of anilines is 1. The molecular weight excluding hydrogens is 411 g/mol. The van der Waals surface area contributed by atoms with Gasteiger partial charge in [-0.3, -0.25) is 9.97 Å². The third-order valence-electron chi connectivity index (χ3n) is 6.71. The first-order valence-electron chi connectivity index (χ1n) is 11.6. The van der Waals surface area contributed by atoms with Crippen LogP contribution in [0.1, 0.15) is 18.4 Å². The van der Waals surface area contributed by atoms with E-state index in [0.29, 0.717) is 11.5 Å². The number of hydrogen-bond acceptors (Lipinski definition) is 4. The molecule has 5 rings (SSSR count). The fourth-order valence-corrected chi connectivity index (χ4v) is 4.65. The molecule has 4 nitrogen and oxygen atoms in total. The van der Waals surface area contributed by atoms with E-state index in [1.165, 1.54) is 32.0 Å². The number of nitrogens with zero attached hydrogens (tertiary/aromatic N) is 3. The zero-order valence-corrected chi connectivity index (χ0v) is 19.2. The van der Waals surface area contributed by atoms with Crippen LogP contribution in [-0.2, 0) is 0 Å². The summed E-state index contributed by atoms with van der Waals surface area (Å²) in [5.74, 6) is 0.493. The van der Waals surface area contributed by atoms with E-state index in [2.05, 4.69) is 57.6 Å². The van der Waals surface area contributed by atoms with Gasteiger partial charge < -0.3 is 10.2 Å². The summed E-state index contributed by atoms with van der Waals surface area (Å²) in [5.41, 5.74) is 6.56. The van der Waals surface area contributed by atoms with Crippen molar-refractivity contribution in [1.82, 2.24) is 14.9 Å². The number of pyridine rings is 2. The van der Waals surface area contributed by atoms with Crippen molar-refractivity contribution in [3.8, 4) is 22.4 Å². The van der Waals surface area contributed by atoms with Gasteiger partial charge in [0.25, 0.3) is 0 Å². The van der Waals surface area contributed by atoms with Crippen LogP contribution >= 0.6 is 0 Å². The molecule has 168 valence electrons. The molecule has 0 atom stereocenters. The minimum absolute atomic E-state index is 0.201. The monoisotopic (exact) mass is 440 g/mol. The highest BCUT2D eigenvalue weighted by molar-refractivity contribution is 5.95. The summed E-state index contributed by atoms with van der Waals surface area (Å²) in [5, 5.41) is 4.80. The van der Waals surface area contributed by atoms with Crippen LogP contribution in [-0.4, -0.2) is 41.5 Å². The molecule has 0 amide bonds. The minimum atomic E-state index is -0.201. The molecule has 1 saturated heterocycles. The second kappa shape index (κ2) is 9.28. The van der Waals surface area contributed by atoms with Crippen LogP contribution in [0.15, 0.2) is 67.0 Å². The molecule has 0 spiro atoms. The lowest BCUT2D eigenvalue weighted by atomic mass is 9.96.